The molecule has 0 aromatic heterocycles. The van der Waals surface area contributed by atoms with Crippen LogP contribution in [-0.2, 0) is 6.54 Å². The van der Waals surface area contributed by atoms with Crippen molar-refractivity contribution in [1.82, 2.24) is 0 Å². The van der Waals surface area contributed by atoms with Gasteiger partial charge in [-0.2, -0.15) is 0 Å². The van der Waals surface area contributed by atoms with E-state index in [9.17, 15) is 20.4 Å². The molecule has 6 aromatic rings. The molecular formula is C35H26N2O4. The summed E-state index contributed by atoms with van der Waals surface area (Å²) < 4.78 is 0. The van der Waals surface area contributed by atoms with E-state index in [-0.39, 0.29) is 23.0 Å². The molecular weight excluding hydrogens is 512 g/mol. The van der Waals surface area contributed by atoms with E-state index in [0.29, 0.717) is 23.4 Å². The number of hydrogen-bond donors (Lipinski definition) is 4. The van der Waals surface area contributed by atoms with Gasteiger partial charge in [-0.1, -0.05) is 78.9 Å². The van der Waals surface area contributed by atoms with Crippen LogP contribution in [0.25, 0.3) is 32.7 Å². The molecule has 0 saturated heterocycles. The largest absolute Gasteiger partial charge is 0.504 e. The summed E-state index contributed by atoms with van der Waals surface area (Å²) in [5.74, 6) is -0.846. The molecule has 6 rings (SSSR count). The van der Waals surface area contributed by atoms with Gasteiger partial charge in [0.1, 0.15) is 0 Å². The Balaban J connectivity index is 1.56. The van der Waals surface area contributed by atoms with Crippen LogP contribution in [0.4, 0.5) is 5.69 Å². The zero-order valence-corrected chi connectivity index (χ0v) is 21.9. The third-order valence-corrected chi connectivity index (χ3v) is 7.10. The minimum absolute atomic E-state index is 0.198. The number of para-hydroxylation sites is 2. The molecule has 0 fully saturated rings. The second-order valence-corrected chi connectivity index (χ2v) is 9.66. The van der Waals surface area contributed by atoms with Gasteiger partial charge in [0.05, 0.1) is 12.2 Å². The maximum absolute atomic E-state index is 10.4. The standard InChI is InChI=1S/C35H26N2O4/c38-30-13-5-9-25(34(30)40)20-36-19-24-16-15-22-7-1-3-11-27(22)32(24)33-28-12-4-2-8-23(28)17-18-29(33)37-21-26-10-6-14-31(39)35(26)41/h1-18,20-21,38-41H,19H2. The lowest BCUT2D eigenvalue weighted by molar-refractivity contribution is 0.403. The molecule has 41 heavy (non-hydrogen) atoms. The number of fused-ring (bicyclic) bond motifs is 2. The Labute approximate surface area is 236 Å². The first-order chi connectivity index (χ1) is 20.0. The fraction of sp³-hybridized carbons (Fsp3) is 0.0286. The average Bonchev–Trinajstić information content (AvgIpc) is 3.00. The first-order valence-electron chi connectivity index (χ1n) is 13.1. The Hall–Kier alpha value is -5.62. The van der Waals surface area contributed by atoms with E-state index in [1.807, 2.05) is 42.5 Å². The van der Waals surface area contributed by atoms with E-state index in [0.717, 1.165) is 38.2 Å². The molecule has 0 radical (unpaired) electrons. The molecule has 0 atom stereocenters. The lowest BCUT2D eigenvalue weighted by Crippen LogP contribution is -1.94. The summed E-state index contributed by atoms with van der Waals surface area (Å²) in [7, 11) is 0. The van der Waals surface area contributed by atoms with Crippen molar-refractivity contribution in [3.8, 4) is 34.1 Å². The number of phenols is 4. The second-order valence-electron chi connectivity index (χ2n) is 9.66. The number of aliphatic imine (C=N–C) groups is 2. The van der Waals surface area contributed by atoms with E-state index in [1.54, 1.807) is 36.7 Å². The van der Waals surface area contributed by atoms with Crippen molar-refractivity contribution in [2.75, 3.05) is 0 Å². The molecule has 200 valence electrons. The first kappa shape index (κ1) is 25.6. The van der Waals surface area contributed by atoms with Gasteiger partial charge in [-0.25, -0.2) is 0 Å². The SMILES string of the molecule is Oc1cccc(C=NCc2ccc3ccccc3c2-c2c(N=Cc3cccc(O)c3O)ccc3ccccc23)c1O. The Bertz CT molecular complexity index is 1980. The summed E-state index contributed by atoms with van der Waals surface area (Å²) in [6.45, 7) is 0.314. The van der Waals surface area contributed by atoms with Crippen molar-refractivity contribution in [2.24, 2.45) is 9.98 Å². The number of nitrogens with zero attached hydrogens (tertiary/aromatic N) is 2. The topological polar surface area (TPSA) is 106 Å². The van der Waals surface area contributed by atoms with Crippen molar-refractivity contribution >= 4 is 39.7 Å². The number of hydrogen-bond acceptors (Lipinski definition) is 6. The van der Waals surface area contributed by atoms with Gasteiger partial charge >= 0.3 is 0 Å². The van der Waals surface area contributed by atoms with Gasteiger partial charge in [0.25, 0.3) is 0 Å². The van der Waals surface area contributed by atoms with Crippen LogP contribution in [0.2, 0.25) is 0 Å². The van der Waals surface area contributed by atoms with Crippen molar-refractivity contribution in [3.05, 3.63) is 126 Å². The fourth-order valence-electron chi connectivity index (χ4n) is 5.06. The molecule has 6 nitrogen and oxygen atoms in total. The number of phenolic OH excluding ortho intramolecular Hbond substituents is 4. The van der Waals surface area contributed by atoms with E-state index < -0.39 is 0 Å². The van der Waals surface area contributed by atoms with Crippen molar-refractivity contribution in [3.63, 3.8) is 0 Å². The fourth-order valence-corrected chi connectivity index (χ4v) is 5.06. The molecule has 0 aliphatic carbocycles. The monoisotopic (exact) mass is 538 g/mol. The Morgan fingerprint density at radius 2 is 1.07 bits per heavy atom. The van der Waals surface area contributed by atoms with Gasteiger partial charge in [-0.05, 0) is 63.0 Å². The van der Waals surface area contributed by atoms with Crippen LogP contribution in [0.15, 0.2) is 119 Å². The second kappa shape index (κ2) is 10.9. The lowest BCUT2D eigenvalue weighted by atomic mass is 9.89. The molecule has 0 aliphatic rings. The number of benzene rings is 6. The number of aromatic hydroxyl groups is 4. The molecule has 6 aromatic carbocycles. The van der Waals surface area contributed by atoms with Gasteiger partial charge in [0.15, 0.2) is 23.0 Å². The first-order valence-corrected chi connectivity index (χ1v) is 13.1. The minimum atomic E-state index is -0.228. The highest BCUT2D eigenvalue weighted by atomic mass is 16.3. The third-order valence-electron chi connectivity index (χ3n) is 7.10. The molecule has 0 spiro atoms. The van der Waals surface area contributed by atoms with Crippen LogP contribution in [-0.4, -0.2) is 32.9 Å². The Kier molecular flexibility index (Phi) is 6.80. The van der Waals surface area contributed by atoms with Crippen LogP contribution in [0.5, 0.6) is 23.0 Å². The summed E-state index contributed by atoms with van der Waals surface area (Å²) in [6.07, 6.45) is 3.11. The maximum atomic E-state index is 10.4. The van der Waals surface area contributed by atoms with Crippen LogP contribution >= 0.6 is 0 Å². The molecule has 0 heterocycles. The summed E-state index contributed by atoms with van der Waals surface area (Å²) >= 11 is 0. The van der Waals surface area contributed by atoms with Gasteiger partial charge in [0, 0.05) is 29.1 Å². The molecule has 0 bridgehead atoms. The summed E-state index contributed by atoms with van der Waals surface area (Å²) in [6, 6.07) is 33.9. The molecule has 4 N–H and O–H groups in total. The van der Waals surface area contributed by atoms with Crippen LogP contribution in [0.3, 0.4) is 0 Å². The van der Waals surface area contributed by atoms with Crippen molar-refractivity contribution in [2.45, 2.75) is 6.54 Å². The predicted octanol–water partition coefficient (Wildman–Crippen LogP) is 7.85. The normalized spacial score (nSPS) is 11.7. The highest BCUT2D eigenvalue weighted by molar-refractivity contribution is 6.11. The van der Waals surface area contributed by atoms with Gasteiger partial charge in [-0.3, -0.25) is 9.98 Å². The van der Waals surface area contributed by atoms with E-state index in [4.69, 9.17) is 4.99 Å². The number of rotatable bonds is 6. The van der Waals surface area contributed by atoms with Crippen molar-refractivity contribution < 1.29 is 20.4 Å². The molecule has 0 unspecified atom stereocenters. The van der Waals surface area contributed by atoms with E-state index >= 15 is 0 Å². The smallest absolute Gasteiger partial charge is 0.166 e. The van der Waals surface area contributed by atoms with Crippen molar-refractivity contribution in [1.29, 1.82) is 0 Å². The quantitative estimate of drug-likeness (QED) is 0.128. The van der Waals surface area contributed by atoms with Gasteiger partial charge < -0.3 is 20.4 Å². The third kappa shape index (κ3) is 4.94. The van der Waals surface area contributed by atoms with Gasteiger partial charge in [0.2, 0.25) is 0 Å². The highest BCUT2D eigenvalue weighted by Crippen LogP contribution is 2.43. The van der Waals surface area contributed by atoms with Crippen LogP contribution < -0.4 is 0 Å². The highest BCUT2D eigenvalue weighted by Gasteiger charge is 2.17. The zero-order chi connectivity index (χ0) is 28.3. The molecule has 0 amide bonds. The maximum Gasteiger partial charge on any atom is 0.166 e. The lowest BCUT2D eigenvalue weighted by Gasteiger charge is -2.17. The van der Waals surface area contributed by atoms with Gasteiger partial charge in [-0.15, -0.1) is 0 Å². The van der Waals surface area contributed by atoms with Crippen LogP contribution in [0.1, 0.15) is 16.7 Å². The zero-order valence-electron chi connectivity index (χ0n) is 21.9. The van der Waals surface area contributed by atoms with E-state index in [1.165, 1.54) is 12.1 Å². The molecule has 0 saturated carbocycles. The summed E-state index contributed by atoms with van der Waals surface area (Å²) in [5, 5.41) is 44.6. The van der Waals surface area contributed by atoms with E-state index in [2.05, 4.69) is 35.3 Å². The molecule has 0 aliphatic heterocycles. The van der Waals surface area contributed by atoms with Crippen LogP contribution in [0, 0.1) is 0 Å². The minimum Gasteiger partial charge on any atom is -0.504 e. The Morgan fingerprint density at radius 1 is 0.512 bits per heavy atom. The summed E-state index contributed by atoms with van der Waals surface area (Å²) in [4.78, 5) is 9.44. The summed E-state index contributed by atoms with van der Waals surface area (Å²) in [5.41, 5.74) is 4.36. The Morgan fingerprint density at radius 3 is 1.73 bits per heavy atom. The average molecular weight is 539 g/mol. The predicted molar refractivity (Wildman–Crippen MR) is 165 cm³/mol. The molecule has 6 heteroatoms.